The first-order chi connectivity index (χ1) is 14.8. The highest BCUT2D eigenvalue weighted by molar-refractivity contribution is 14.0. The highest BCUT2D eigenvalue weighted by Gasteiger charge is 2.30. The molecule has 1 saturated heterocycles. The van der Waals surface area contributed by atoms with Gasteiger partial charge in [-0.25, -0.2) is 4.98 Å². The van der Waals surface area contributed by atoms with E-state index in [0.29, 0.717) is 18.5 Å². The number of alkyl halides is 3. The third kappa shape index (κ3) is 8.45. The van der Waals surface area contributed by atoms with E-state index in [9.17, 15) is 13.2 Å². The van der Waals surface area contributed by atoms with Crippen molar-refractivity contribution in [2.45, 2.75) is 44.7 Å². The first-order valence-corrected chi connectivity index (χ1v) is 10.2. The van der Waals surface area contributed by atoms with Crippen molar-refractivity contribution < 1.29 is 17.9 Å². The number of ether oxygens (including phenoxy) is 1. The highest BCUT2D eigenvalue weighted by Crippen LogP contribution is 2.20. The monoisotopic (exact) mass is 563 g/mol. The van der Waals surface area contributed by atoms with Gasteiger partial charge in [0, 0.05) is 51.0 Å². The van der Waals surface area contributed by atoms with Crippen LogP contribution in [0.2, 0.25) is 0 Å². The molecule has 3 rings (SSSR count). The Morgan fingerprint density at radius 2 is 1.94 bits per heavy atom. The van der Waals surface area contributed by atoms with E-state index < -0.39 is 12.8 Å². The van der Waals surface area contributed by atoms with E-state index in [4.69, 9.17) is 0 Å². The smallest absolute Gasteiger partial charge is 0.422 e. The van der Waals surface area contributed by atoms with Gasteiger partial charge in [0.25, 0.3) is 0 Å². The second-order valence-electron chi connectivity index (χ2n) is 7.68. The van der Waals surface area contributed by atoms with E-state index >= 15 is 0 Å². The molecule has 1 fully saturated rings. The van der Waals surface area contributed by atoms with Gasteiger partial charge in [0.05, 0.1) is 0 Å². The Labute approximate surface area is 203 Å². The van der Waals surface area contributed by atoms with E-state index in [1.54, 1.807) is 13.1 Å². The SMILES string of the molecule is CN=C(NCc1ccc(OCC(F)(F)F)nc1)NC1CC(C)N(Cc2ccccc2)C1.I. The zero-order valence-corrected chi connectivity index (χ0v) is 20.4. The summed E-state index contributed by atoms with van der Waals surface area (Å²) in [6.07, 6.45) is -1.87. The first kappa shape index (κ1) is 26.2. The summed E-state index contributed by atoms with van der Waals surface area (Å²) in [7, 11) is 1.71. The largest absolute Gasteiger partial charge is 0.468 e. The van der Waals surface area contributed by atoms with Gasteiger partial charge in [-0.1, -0.05) is 36.4 Å². The molecule has 2 heterocycles. The Balaban J connectivity index is 0.00000363. The van der Waals surface area contributed by atoms with Crippen LogP contribution in [-0.2, 0) is 13.1 Å². The zero-order valence-electron chi connectivity index (χ0n) is 18.1. The van der Waals surface area contributed by atoms with Crippen LogP contribution in [0.5, 0.6) is 5.88 Å². The van der Waals surface area contributed by atoms with Gasteiger partial charge in [0.1, 0.15) is 0 Å². The molecule has 1 aromatic carbocycles. The van der Waals surface area contributed by atoms with Crippen molar-refractivity contribution in [3.8, 4) is 5.88 Å². The molecule has 1 aliphatic heterocycles. The molecule has 2 unspecified atom stereocenters. The Bertz CT molecular complexity index is 849. The number of pyridine rings is 1. The molecule has 2 N–H and O–H groups in total. The predicted molar refractivity (Wildman–Crippen MR) is 129 cm³/mol. The third-order valence-electron chi connectivity index (χ3n) is 5.14. The molecule has 1 aliphatic rings. The van der Waals surface area contributed by atoms with Crippen LogP contribution in [0.15, 0.2) is 53.7 Å². The Kier molecular flexibility index (Phi) is 10.0. The quantitative estimate of drug-likeness (QED) is 0.304. The topological polar surface area (TPSA) is 61.8 Å². The molecule has 2 aromatic rings. The van der Waals surface area contributed by atoms with Gasteiger partial charge in [-0.15, -0.1) is 24.0 Å². The number of benzene rings is 1. The standard InChI is InChI=1S/C22H28F3N5O.HI/c1-16-10-19(14-30(16)13-17-6-4-3-5-7-17)29-21(26-2)28-12-18-8-9-20(27-11-18)31-15-22(23,24)25;/h3-9,11,16,19H,10,12-15H2,1-2H3,(H2,26,28,29);1H. The van der Waals surface area contributed by atoms with Crippen molar-refractivity contribution in [1.82, 2.24) is 20.5 Å². The second kappa shape index (κ2) is 12.2. The fourth-order valence-corrected chi connectivity index (χ4v) is 3.57. The number of aliphatic imine (C=N–C) groups is 1. The van der Waals surface area contributed by atoms with Crippen LogP contribution in [0, 0.1) is 0 Å². The predicted octanol–water partition coefficient (Wildman–Crippen LogP) is 3.97. The molecule has 0 saturated carbocycles. The lowest BCUT2D eigenvalue weighted by Gasteiger charge is -2.21. The van der Waals surface area contributed by atoms with Crippen LogP contribution >= 0.6 is 24.0 Å². The van der Waals surface area contributed by atoms with Gasteiger partial charge in [0.2, 0.25) is 5.88 Å². The fourth-order valence-electron chi connectivity index (χ4n) is 3.57. The molecular weight excluding hydrogens is 534 g/mol. The van der Waals surface area contributed by atoms with Crippen molar-refractivity contribution in [3.63, 3.8) is 0 Å². The van der Waals surface area contributed by atoms with E-state index in [-0.39, 0.29) is 35.9 Å². The van der Waals surface area contributed by atoms with Gasteiger partial charge in [-0.05, 0) is 24.5 Å². The van der Waals surface area contributed by atoms with Crippen molar-refractivity contribution in [3.05, 3.63) is 59.8 Å². The fraction of sp³-hybridized carbons (Fsp3) is 0.455. The number of hydrogen-bond donors (Lipinski definition) is 2. The third-order valence-corrected chi connectivity index (χ3v) is 5.14. The summed E-state index contributed by atoms with van der Waals surface area (Å²) in [5.74, 6) is 0.623. The van der Waals surface area contributed by atoms with E-state index in [1.807, 2.05) is 6.07 Å². The lowest BCUT2D eigenvalue weighted by molar-refractivity contribution is -0.154. The lowest BCUT2D eigenvalue weighted by Crippen LogP contribution is -2.44. The number of guanidine groups is 1. The maximum Gasteiger partial charge on any atom is 0.422 e. The van der Waals surface area contributed by atoms with Crippen molar-refractivity contribution >= 4 is 29.9 Å². The second-order valence-corrected chi connectivity index (χ2v) is 7.68. The van der Waals surface area contributed by atoms with Crippen LogP contribution in [0.4, 0.5) is 13.2 Å². The molecule has 176 valence electrons. The van der Waals surface area contributed by atoms with Gasteiger partial charge in [-0.3, -0.25) is 9.89 Å². The molecule has 0 spiro atoms. The van der Waals surface area contributed by atoms with E-state index in [2.05, 4.69) is 61.4 Å². The number of rotatable bonds is 7. The number of halogens is 4. The molecule has 32 heavy (non-hydrogen) atoms. The summed E-state index contributed by atoms with van der Waals surface area (Å²) < 4.78 is 41.2. The van der Waals surface area contributed by atoms with Gasteiger partial charge in [0.15, 0.2) is 12.6 Å². The van der Waals surface area contributed by atoms with Gasteiger partial charge < -0.3 is 15.4 Å². The molecule has 0 bridgehead atoms. The maximum atomic E-state index is 12.2. The molecule has 0 aliphatic carbocycles. The number of likely N-dealkylation sites (tertiary alicyclic amines) is 1. The normalized spacial score (nSPS) is 19.3. The average molecular weight is 563 g/mol. The Morgan fingerprint density at radius 1 is 1.19 bits per heavy atom. The number of nitrogens with one attached hydrogen (secondary N) is 2. The molecule has 10 heteroatoms. The van der Waals surface area contributed by atoms with Gasteiger partial charge >= 0.3 is 6.18 Å². The minimum Gasteiger partial charge on any atom is -0.468 e. The number of hydrogen-bond acceptors (Lipinski definition) is 4. The van der Waals surface area contributed by atoms with Crippen molar-refractivity contribution in [2.24, 2.45) is 4.99 Å². The lowest BCUT2D eigenvalue weighted by atomic mass is 10.2. The molecule has 2 atom stereocenters. The summed E-state index contributed by atoms with van der Waals surface area (Å²) in [6, 6.07) is 14.3. The summed E-state index contributed by atoms with van der Waals surface area (Å²) in [4.78, 5) is 10.6. The maximum absolute atomic E-state index is 12.2. The summed E-state index contributed by atoms with van der Waals surface area (Å²) >= 11 is 0. The minimum atomic E-state index is -4.38. The molecule has 1 aromatic heterocycles. The minimum absolute atomic E-state index is 0. The number of aromatic nitrogens is 1. The van der Waals surface area contributed by atoms with Crippen molar-refractivity contribution in [1.29, 1.82) is 0 Å². The van der Waals surface area contributed by atoms with Crippen LogP contribution in [0.25, 0.3) is 0 Å². The molecule has 6 nitrogen and oxygen atoms in total. The molecule has 0 amide bonds. The molecule has 0 radical (unpaired) electrons. The Morgan fingerprint density at radius 3 is 2.56 bits per heavy atom. The summed E-state index contributed by atoms with van der Waals surface area (Å²) in [5, 5.41) is 6.68. The van der Waals surface area contributed by atoms with Crippen LogP contribution in [0.1, 0.15) is 24.5 Å². The highest BCUT2D eigenvalue weighted by atomic mass is 127. The molecular formula is C22H29F3IN5O. The van der Waals surface area contributed by atoms with Crippen molar-refractivity contribution in [2.75, 3.05) is 20.2 Å². The number of nitrogens with zero attached hydrogens (tertiary/aromatic N) is 3. The van der Waals surface area contributed by atoms with Gasteiger partial charge in [-0.2, -0.15) is 13.2 Å². The van der Waals surface area contributed by atoms with E-state index in [0.717, 1.165) is 25.1 Å². The van der Waals surface area contributed by atoms with E-state index in [1.165, 1.54) is 17.8 Å². The van der Waals surface area contributed by atoms with Crippen LogP contribution in [-0.4, -0.2) is 54.3 Å². The zero-order chi connectivity index (χ0) is 22.3. The summed E-state index contributed by atoms with van der Waals surface area (Å²) in [6.45, 7) is 3.16. The first-order valence-electron chi connectivity index (χ1n) is 10.2. The Hall–Kier alpha value is -2.08. The van der Waals surface area contributed by atoms with Crippen LogP contribution < -0.4 is 15.4 Å². The van der Waals surface area contributed by atoms with Crippen LogP contribution in [0.3, 0.4) is 0 Å². The average Bonchev–Trinajstić information content (AvgIpc) is 3.09. The summed E-state index contributed by atoms with van der Waals surface area (Å²) in [5.41, 5.74) is 2.11.